The topological polar surface area (TPSA) is 74.8 Å². The summed E-state index contributed by atoms with van der Waals surface area (Å²) in [7, 11) is 1.64. The van der Waals surface area contributed by atoms with Crippen molar-refractivity contribution >= 4 is 5.91 Å². The van der Waals surface area contributed by atoms with Gasteiger partial charge < -0.3 is 4.90 Å². The number of H-pyrrole nitrogens is 1. The van der Waals surface area contributed by atoms with Gasteiger partial charge in [-0.2, -0.15) is 5.21 Å². The number of aromatic nitrogens is 4. The standard InChI is InChI=1S/C16H14FN5O/c1-22(10-13-4-2-3-5-14(13)17)16(23)12-8-6-11(7-9-12)15-18-20-21-19-15/h2-9H,10H2,1H3,(H,18,19,20,21). The van der Waals surface area contributed by atoms with E-state index in [0.29, 0.717) is 17.0 Å². The molecule has 2 aromatic carbocycles. The van der Waals surface area contributed by atoms with Crippen LogP contribution in [0.25, 0.3) is 11.4 Å². The molecule has 0 bridgehead atoms. The molecular formula is C16H14FN5O. The fourth-order valence-corrected chi connectivity index (χ4v) is 2.22. The monoisotopic (exact) mass is 311 g/mol. The lowest BCUT2D eigenvalue weighted by atomic mass is 10.1. The van der Waals surface area contributed by atoms with Crippen molar-refractivity contribution in [3.8, 4) is 11.4 Å². The molecule has 3 rings (SSSR count). The molecule has 0 saturated carbocycles. The number of hydrogen-bond acceptors (Lipinski definition) is 4. The van der Waals surface area contributed by atoms with Crippen LogP contribution >= 0.6 is 0 Å². The normalized spacial score (nSPS) is 10.5. The van der Waals surface area contributed by atoms with Gasteiger partial charge in [0, 0.05) is 30.3 Å². The lowest BCUT2D eigenvalue weighted by Crippen LogP contribution is -2.26. The van der Waals surface area contributed by atoms with E-state index in [2.05, 4.69) is 20.6 Å². The average molecular weight is 311 g/mol. The molecule has 3 aromatic rings. The van der Waals surface area contributed by atoms with Crippen molar-refractivity contribution in [1.82, 2.24) is 25.5 Å². The fourth-order valence-electron chi connectivity index (χ4n) is 2.22. The molecular weight excluding hydrogens is 297 g/mol. The van der Waals surface area contributed by atoms with Crippen LogP contribution in [0, 0.1) is 5.82 Å². The molecule has 0 unspecified atom stereocenters. The number of nitrogens with one attached hydrogen (secondary N) is 1. The van der Waals surface area contributed by atoms with E-state index in [1.54, 1.807) is 49.5 Å². The van der Waals surface area contributed by atoms with Crippen molar-refractivity contribution in [1.29, 1.82) is 0 Å². The summed E-state index contributed by atoms with van der Waals surface area (Å²) in [6, 6.07) is 13.3. The van der Waals surface area contributed by atoms with E-state index in [1.807, 2.05) is 0 Å². The third-order valence-corrected chi connectivity index (χ3v) is 3.45. The Hall–Kier alpha value is -3.09. The SMILES string of the molecule is CN(Cc1ccccc1F)C(=O)c1ccc(-c2nn[nH]n2)cc1. The summed E-state index contributed by atoms with van der Waals surface area (Å²) in [5, 5.41) is 13.6. The second-order valence-electron chi connectivity index (χ2n) is 5.07. The maximum absolute atomic E-state index is 13.7. The molecule has 23 heavy (non-hydrogen) atoms. The van der Waals surface area contributed by atoms with E-state index in [9.17, 15) is 9.18 Å². The molecule has 1 aromatic heterocycles. The summed E-state index contributed by atoms with van der Waals surface area (Å²) in [6.07, 6.45) is 0. The first-order chi connectivity index (χ1) is 11.1. The van der Waals surface area contributed by atoms with Crippen LogP contribution in [-0.2, 0) is 6.54 Å². The Morgan fingerprint density at radius 2 is 1.91 bits per heavy atom. The molecule has 1 heterocycles. The van der Waals surface area contributed by atoms with Crippen molar-refractivity contribution in [3.63, 3.8) is 0 Å². The smallest absolute Gasteiger partial charge is 0.253 e. The van der Waals surface area contributed by atoms with Crippen LogP contribution < -0.4 is 0 Å². The number of carbonyl (C=O) groups is 1. The molecule has 0 radical (unpaired) electrons. The van der Waals surface area contributed by atoms with Gasteiger partial charge in [0.1, 0.15) is 5.82 Å². The minimum atomic E-state index is -0.320. The Morgan fingerprint density at radius 1 is 1.17 bits per heavy atom. The number of nitrogens with zero attached hydrogens (tertiary/aromatic N) is 4. The van der Waals surface area contributed by atoms with E-state index in [-0.39, 0.29) is 18.3 Å². The van der Waals surface area contributed by atoms with Crippen molar-refractivity contribution in [3.05, 3.63) is 65.5 Å². The van der Waals surface area contributed by atoms with Crippen LogP contribution in [0.5, 0.6) is 0 Å². The summed E-state index contributed by atoms with van der Waals surface area (Å²) in [5.74, 6) is -0.0452. The van der Waals surface area contributed by atoms with Crippen LogP contribution in [0.1, 0.15) is 15.9 Å². The number of benzene rings is 2. The summed E-state index contributed by atoms with van der Waals surface area (Å²) >= 11 is 0. The lowest BCUT2D eigenvalue weighted by Gasteiger charge is -2.17. The summed E-state index contributed by atoms with van der Waals surface area (Å²) < 4.78 is 13.7. The predicted octanol–water partition coefficient (Wildman–Crippen LogP) is 2.28. The molecule has 0 fully saturated rings. The molecule has 0 atom stereocenters. The third kappa shape index (κ3) is 3.23. The molecule has 0 aliphatic rings. The molecule has 6 nitrogen and oxygen atoms in total. The van der Waals surface area contributed by atoms with Crippen LogP contribution in [-0.4, -0.2) is 38.5 Å². The second-order valence-corrected chi connectivity index (χ2v) is 5.07. The summed E-state index contributed by atoms with van der Waals surface area (Å²) in [4.78, 5) is 13.9. The van der Waals surface area contributed by atoms with Gasteiger partial charge in [-0.1, -0.05) is 30.3 Å². The zero-order chi connectivity index (χ0) is 16.2. The van der Waals surface area contributed by atoms with Gasteiger partial charge in [-0.25, -0.2) is 4.39 Å². The van der Waals surface area contributed by atoms with Gasteiger partial charge in [0.05, 0.1) is 0 Å². The van der Waals surface area contributed by atoms with Gasteiger partial charge in [0.15, 0.2) is 0 Å². The maximum atomic E-state index is 13.7. The first-order valence-electron chi connectivity index (χ1n) is 6.98. The minimum absolute atomic E-state index is 0.187. The number of hydrogen-bond donors (Lipinski definition) is 1. The molecule has 7 heteroatoms. The number of amides is 1. The quantitative estimate of drug-likeness (QED) is 0.802. The number of rotatable bonds is 4. The molecule has 0 aliphatic carbocycles. The van der Waals surface area contributed by atoms with Gasteiger partial charge in [0.25, 0.3) is 5.91 Å². The molecule has 0 saturated heterocycles. The van der Waals surface area contributed by atoms with Gasteiger partial charge in [-0.15, -0.1) is 10.2 Å². The van der Waals surface area contributed by atoms with Gasteiger partial charge in [-0.3, -0.25) is 4.79 Å². The highest BCUT2D eigenvalue weighted by Gasteiger charge is 2.14. The van der Waals surface area contributed by atoms with E-state index >= 15 is 0 Å². The van der Waals surface area contributed by atoms with E-state index in [4.69, 9.17) is 0 Å². The summed E-state index contributed by atoms with van der Waals surface area (Å²) in [5.41, 5.74) is 1.75. The van der Waals surface area contributed by atoms with Crippen molar-refractivity contribution in [2.24, 2.45) is 0 Å². The van der Waals surface area contributed by atoms with E-state index < -0.39 is 0 Å². The second kappa shape index (κ2) is 6.35. The minimum Gasteiger partial charge on any atom is -0.337 e. The number of tetrazole rings is 1. The fraction of sp³-hybridized carbons (Fsp3) is 0.125. The zero-order valence-electron chi connectivity index (χ0n) is 12.4. The Labute approximate surface area is 132 Å². The number of aromatic amines is 1. The highest BCUT2D eigenvalue weighted by atomic mass is 19.1. The highest BCUT2D eigenvalue weighted by molar-refractivity contribution is 5.94. The maximum Gasteiger partial charge on any atom is 0.253 e. The first-order valence-corrected chi connectivity index (χ1v) is 6.98. The summed E-state index contributed by atoms with van der Waals surface area (Å²) in [6.45, 7) is 0.206. The van der Waals surface area contributed by atoms with Gasteiger partial charge in [0.2, 0.25) is 5.82 Å². The van der Waals surface area contributed by atoms with E-state index in [1.165, 1.54) is 11.0 Å². The highest BCUT2D eigenvalue weighted by Crippen LogP contribution is 2.16. The molecule has 0 spiro atoms. The predicted molar refractivity (Wildman–Crippen MR) is 81.8 cm³/mol. The number of carbonyl (C=O) groups excluding carboxylic acids is 1. The van der Waals surface area contributed by atoms with E-state index in [0.717, 1.165) is 5.56 Å². The van der Waals surface area contributed by atoms with Crippen molar-refractivity contribution in [2.75, 3.05) is 7.05 Å². The van der Waals surface area contributed by atoms with Gasteiger partial charge >= 0.3 is 0 Å². The number of halogens is 1. The average Bonchev–Trinajstić information content (AvgIpc) is 3.11. The molecule has 1 N–H and O–H groups in total. The first kappa shape index (κ1) is 14.8. The Morgan fingerprint density at radius 3 is 2.57 bits per heavy atom. The van der Waals surface area contributed by atoms with Crippen LogP contribution in [0.4, 0.5) is 4.39 Å². The Balaban J connectivity index is 1.73. The van der Waals surface area contributed by atoms with Crippen molar-refractivity contribution < 1.29 is 9.18 Å². The molecule has 116 valence electrons. The van der Waals surface area contributed by atoms with Crippen LogP contribution in [0.2, 0.25) is 0 Å². The molecule has 0 aliphatic heterocycles. The Kier molecular flexibility index (Phi) is 4.09. The van der Waals surface area contributed by atoms with Crippen LogP contribution in [0.3, 0.4) is 0 Å². The van der Waals surface area contributed by atoms with Crippen molar-refractivity contribution in [2.45, 2.75) is 6.54 Å². The Bertz CT molecular complexity index is 802. The van der Waals surface area contributed by atoms with Gasteiger partial charge in [-0.05, 0) is 23.4 Å². The van der Waals surface area contributed by atoms with Crippen LogP contribution in [0.15, 0.2) is 48.5 Å². The molecule has 1 amide bonds. The lowest BCUT2D eigenvalue weighted by molar-refractivity contribution is 0.0784. The largest absolute Gasteiger partial charge is 0.337 e. The third-order valence-electron chi connectivity index (χ3n) is 3.45. The zero-order valence-corrected chi connectivity index (χ0v) is 12.4.